The highest BCUT2D eigenvalue weighted by Crippen LogP contribution is 2.25. The van der Waals surface area contributed by atoms with Gasteiger partial charge in [0.25, 0.3) is 0 Å². The van der Waals surface area contributed by atoms with Gasteiger partial charge in [-0.1, -0.05) is 18.2 Å². The zero-order valence-electron chi connectivity index (χ0n) is 12.4. The van der Waals surface area contributed by atoms with Gasteiger partial charge in [0.2, 0.25) is 5.91 Å². The minimum atomic E-state index is -0.523. The van der Waals surface area contributed by atoms with Crippen LogP contribution in [-0.4, -0.2) is 28.3 Å². The average Bonchev–Trinajstić information content (AvgIpc) is 3.15. The molecule has 1 aromatic carbocycles. The molecule has 1 aromatic heterocycles. The Morgan fingerprint density at radius 3 is 3.04 bits per heavy atom. The van der Waals surface area contributed by atoms with Gasteiger partial charge in [-0.05, 0) is 24.6 Å². The Hall–Kier alpha value is -2.18. The maximum absolute atomic E-state index is 13.6. The molecule has 1 aliphatic heterocycles. The molecular weight excluding hydrogens is 319 g/mol. The molecule has 1 N–H and O–H groups in total. The molecule has 1 saturated heterocycles. The minimum Gasteiger partial charge on any atom is -0.311 e. The lowest BCUT2D eigenvalue weighted by molar-refractivity contribution is -0.118. The average molecular weight is 335 g/mol. The zero-order chi connectivity index (χ0) is 16.4. The summed E-state index contributed by atoms with van der Waals surface area (Å²) in [6.45, 7) is 4.71. The van der Waals surface area contributed by atoms with E-state index in [0.717, 1.165) is 5.56 Å². The van der Waals surface area contributed by atoms with E-state index in [9.17, 15) is 9.18 Å². The third kappa shape index (κ3) is 3.28. The molecule has 1 atom stereocenters. The Balaban J connectivity index is 1.64. The molecular formula is C16H16ClFN4O. The number of rotatable bonds is 5. The van der Waals surface area contributed by atoms with Crippen LogP contribution in [0.3, 0.4) is 0 Å². The quantitative estimate of drug-likeness (QED) is 0.914. The Morgan fingerprint density at radius 1 is 1.52 bits per heavy atom. The topological polar surface area (TPSA) is 50.2 Å². The standard InChI is InChI=1S/C16H16ClFN4O/c1-2-21-10-11(9-20-21)8-19-15-5-6-22(16(15)23)12-3-4-13(17)14(18)7-12/h2-4,7,9-10,15,19H,1,5-6,8H2/t15-/m1/s1. The molecule has 1 amide bonds. The maximum Gasteiger partial charge on any atom is 0.244 e. The lowest BCUT2D eigenvalue weighted by atomic mass is 10.2. The van der Waals surface area contributed by atoms with E-state index in [4.69, 9.17) is 11.6 Å². The lowest BCUT2D eigenvalue weighted by Crippen LogP contribution is -2.37. The Bertz CT molecular complexity index is 745. The summed E-state index contributed by atoms with van der Waals surface area (Å²) in [5.41, 5.74) is 1.49. The summed E-state index contributed by atoms with van der Waals surface area (Å²) in [7, 11) is 0. The van der Waals surface area contributed by atoms with Crippen molar-refractivity contribution in [3.63, 3.8) is 0 Å². The summed E-state index contributed by atoms with van der Waals surface area (Å²) in [6.07, 6.45) is 5.83. The van der Waals surface area contributed by atoms with Crippen molar-refractivity contribution >= 4 is 29.4 Å². The van der Waals surface area contributed by atoms with Gasteiger partial charge < -0.3 is 10.2 Å². The normalized spacial score (nSPS) is 17.7. The molecule has 0 bridgehead atoms. The van der Waals surface area contributed by atoms with Gasteiger partial charge in [-0.3, -0.25) is 4.79 Å². The van der Waals surface area contributed by atoms with Gasteiger partial charge in [0.15, 0.2) is 0 Å². The highest BCUT2D eigenvalue weighted by atomic mass is 35.5. The molecule has 1 fully saturated rings. The number of aromatic nitrogens is 2. The number of nitrogens with zero attached hydrogens (tertiary/aromatic N) is 3. The summed E-state index contributed by atoms with van der Waals surface area (Å²) in [4.78, 5) is 14.0. The molecule has 0 aliphatic carbocycles. The molecule has 0 saturated carbocycles. The maximum atomic E-state index is 13.6. The van der Waals surface area contributed by atoms with E-state index in [-0.39, 0.29) is 17.0 Å². The van der Waals surface area contributed by atoms with Crippen LogP contribution in [0.2, 0.25) is 5.02 Å². The smallest absolute Gasteiger partial charge is 0.244 e. The van der Waals surface area contributed by atoms with Crippen molar-refractivity contribution in [2.24, 2.45) is 0 Å². The van der Waals surface area contributed by atoms with Crippen molar-refractivity contribution in [3.05, 3.63) is 53.6 Å². The molecule has 7 heteroatoms. The summed E-state index contributed by atoms with van der Waals surface area (Å²) in [5, 5.41) is 7.35. The van der Waals surface area contributed by atoms with E-state index in [2.05, 4.69) is 17.0 Å². The first kappa shape index (κ1) is 15.7. The Morgan fingerprint density at radius 2 is 2.35 bits per heavy atom. The number of nitrogens with one attached hydrogen (secondary N) is 1. The van der Waals surface area contributed by atoms with Crippen LogP contribution in [-0.2, 0) is 11.3 Å². The molecule has 0 unspecified atom stereocenters. The second-order valence-corrected chi connectivity index (χ2v) is 5.73. The van der Waals surface area contributed by atoms with Crippen LogP contribution < -0.4 is 10.2 Å². The molecule has 120 valence electrons. The largest absolute Gasteiger partial charge is 0.311 e. The molecule has 2 heterocycles. The van der Waals surface area contributed by atoms with E-state index in [0.29, 0.717) is 25.2 Å². The van der Waals surface area contributed by atoms with E-state index in [1.807, 2.05) is 6.20 Å². The predicted octanol–water partition coefficient (Wildman–Crippen LogP) is 2.67. The molecule has 2 aromatic rings. The molecule has 0 radical (unpaired) electrons. The first-order valence-corrected chi connectivity index (χ1v) is 7.61. The number of hydrogen-bond acceptors (Lipinski definition) is 3. The van der Waals surface area contributed by atoms with E-state index in [1.54, 1.807) is 28.0 Å². The number of benzene rings is 1. The Labute approximate surface area is 138 Å². The lowest BCUT2D eigenvalue weighted by Gasteiger charge is -2.17. The summed E-state index contributed by atoms with van der Waals surface area (Å²) in [6, 6.07) is 4.11. The second kappa shape index (κ2) is 6.52. The summed E-state index contributed by atoms with van der Waals surface area (Å²) < 4.78 is 15.2. The summed E-state index contributed by atoms with van der Waals surface area (Å²) >= 11 is 5.68. The van der Waals surface area contributed by atoms with Gasteiger partial charge in [-0.25, -0.2) is 9.07 Å². The zero-order valence-corrected chi connectivity index (χ0v) is 13.1. The van der Waals surface area contributed by atoms with Crippen molar-refractivity contribution in [1.82, 2.24) is 15.1 Å². The molecule has 23 heavy (non-hydrogen) atoms. The highest BCUT2D eigenvalue weighted by Gasteiger charge is 2.32. The van der Waals surface area contributed by atoms with Crippen LogP contribution in [0.4, 0.5) is 10.1 Å². The van der Waals surface area contributed by atoms with Gasteiger partial charge in [0.1, 0.15) is 5.82 Å². The molecule has 3 rings (SSSR count). The third-order valence-electron chi connectivity index (χ3n) is 3.81. The molecule has 5 nitrogen and oxygen atoms in total. The minimum absolute atomic E-state index is 0.0503. The van der Waals surface area contributed by atoms with Crippen LogP contribution in [0.25, 0.3) is 6.20 Å². The Kier molecular flexibility index (Phi) is 4.45. The number of amides is 1. The van der Waals surface area contributed by atoms with Crippen molar-refractivity contribution in [1.29, 1.82) is 0 Å². The number of carbonyl (C=O) groups excluding carboxylic acids is 1. The highest BCUT2D eigenvalue weighted by molar-refractivity contribution is 6.30. The number of halogens is 2. The SMILES string of the molecule is C=Cn1cc(CN[C@@H]2CCN(c3ccc(Cl)c(F)c3)C2=O)cn1. The van der Waals surface area contributed by atoms with Crippen molar-refractivity contribution in [2.75, 3.05) is 11.4 Å². The predicted molar refractivity (Wildman–Crippen MR) is 87.6 cm³/mol. The van der Waals surface area contributed by atoms with Crippen LogP contribution in [0.1, 0.15) is 12.0 Å². The van der Waals surface area contributed by atoms with Crippen LogP contribution in [0, 0.1) is 5.82 Å². The van der Waals surface area contributed by atoms with E-state index >= 15 is 0 Å². The number of anilines is 1. The van der Waals surface area contributed by atoms with Gasteiger partial charge >= 0.3 is 0 Å². The third-order valence-corrected chi connectivity index (χ3v) is 4.12. The van der Waals surface area contributed by atoms with E-state index in [1.165, 1.54) is 12.1 Å². The van der Waals surface area contributed by atoms with Crippen LogP contribution in [0.5, 0.6) is 0 Å². The van der Waals surface area contributed by atoms with Crippen LogP contribution in [0.15, 0.2) is 37.2 Å². The van der Waals surface area contributed by atoms with Crippen molar-refractivity contribution in [2.45, 2.75) is 19.0 Å². The van der Waals surface area contributed by atoms with Crippen LogP contribution >= 0.6 is 11.6 Å². The van der Waals surface area contributed by atoms with Crippen molar-refractivity contribution in [3.8, 4) is 0 Å². The monoisotopic (exact) mass is 334 g/mol. The second-order valence-electron chi connectivity index (χ2n) is 5.32. The fourth-order valence-corrected chi connectivity index (χ4v) is 2.71. The fourth-order valence-electron chi connectivity index (χ4n) is 2.59. The first-order valence-electron chi connectivity index (χ1n) is 7.24. The van der Waals surface area contributed by atoms with E-state index < -0.39 is 5.82 Å². The van der Waals surface area contributed by atoms with Gasteiger partial charge in [-0.15, -0.1) is 0 Å². The first-order chi connectivity index (χ1) is 11.1. The number of hydrogen-bond donors (Lipinski definition) is 1. The van der Waals surface area contributed by atoms with Gasteiger partial charge in [0, 0.05) is 36.7 Å². The van der Waals surface area contributed by atoms with Gasteiger partial charge in [0.05, 0.1) is 17.3 Å². The van der Waals surface area contributed by atoms with Crippen molar-refractivity contribution < 1.29 is 9.18 Å². The fraction of sp³-hybridized carbons (Fsp3) is 0.250. The molecule has 1 aliphatic rings. The summed E-state index contributed by atoms with van der Waals surface area (Å²) in [5.74, 6) is -0.590. The number of carbonyl (C=O) groups is 1. The van der Waals surface area contributed by atoms with Gasteiger partial charge in [-0.2, -0.15) is 5.10 Å². The molecule has 0 spiro atoms.